The normalized spacial score (nSPS) is 51.7. The molecule has 16 heteroatoms. The van der Waals surface area contributed by atoms with Crippen molar-refractivity contribution in [2.75, 3.05) is 13.2 Å². The van der Waals surface area contributed by atoms with E-state index in [0.29, 0.717) is 25.2 Å². The molecule has 5 aliphatic carbocycles. The van der Waals surface area contributed by atoms with Gasteiger partial charge in [-0.05, 0) is 135 Å². The lowest BCUT2D eigenvalue weighted by Crippen LogP contribution is -2.67. The highest BCUT2D eigenvalue weighted by Crippen LogP contribution is 2.78. The minimum absolute atomic E-state index is 0.0162. The van der Waals surface area contributed by atoms with Crippen molar-refractivity contribution in [1.82, 2.24) is 0 Å². The van der Waals surface area contributed by atoms with Gasteiger partial charge in [-0.3, -0.25) is 9.59 Å². The van der Waals surface area contributed by atoms with Crippen LogP contribution in [0.15, 0.2) is 12.2 Å². The van der Waals surface area contributed by atoms with Crippen molar-refractivity contribution in [3.8, 4) is 0 Å². The first-order chi connectivity index (χ1) is 31.3. The number of hydrogen-bond donors (Lipinski definition) is 7. The van der Waals surface area contributed by atoms with Crippen LogP contribution < -0.4 is 0 Å². The van der Waals surface area contributed by atoms with Crippen LogP contribution in [-0.2, 0) is 42.7 Å². The van der Waals surface area contributed by atoms with Crippen molar-refractivity contribution in [1.29, 1.82) is 0 Å². The molecule has 8 rings (SSSR count). The number of rotatable bonds is 10. The Morgan fingerprint density at radius 3 is 2.01 bits per heavy atom. The van der Waals surface area contributed by atoms with Gasteiger partial charge in [0.25, 0.3) is 0 Å². The second kappa shape index (κ2) is 18.7. The first-order valence-electron chi connectivity index (χ1n) is 25.3. The van der Waals surface area contributed by atoms with E-state index >= 15 is 0 Å². The predicted octanol–water partition coefficient (Wildman–Crippen LogP) is 3.90. The largest absolute Gasteiger partial charge is 0.456 e. The number of aliphatic hydroxyl groups excluding tert-OH is 7. The second-order valence-electron chi connectivity index (χ2n) is 24.1. The molecule has 0 aromatic rings. The van der Waals surface area contributed by atoms with Gasteiger partial charge in [0.2, 0.25) is 6.29 Å². The Kier molecular flexibility index (Phi) is 14.4. The summed E-state index contributed by atoms with van der Waals surface area (Å²) in [5, 5.41) is 75.1. The zero-order valence-corrected chi connectivity index (χ0v) is 41.3. The molecule has 16 nitrogen and oxygen atoms in total. The van der Waals surface area contributed by atoms with Gasteiger partial charge in [-0.1, -0.05) is 60.6 Å². The predicted molar refractivity (Wildman–Crippen MR) is 240 cm³/mol. The molecule has 0 spiro atoms. The molecule has 67 heavy (non-hydrogen) atoms. The highest BCUT2D eigenvalue weighted by molar-refractivity contribution is 5.78. The molecule has 5 saturated carbocycles. The van der Waals surface area contributed by atoms with Crippen molar-refractivity contribution in [2.24, 2.45) is 62.6 Å². The highest BCUT2D eigenvalue weighted by atomic mass is 16.8. The number of carbonyl (C=O) groups is 2. The zero-order valence-electron chi connectivity index (χ0n) is 41.3. The molecule has 23 atom stereocenters. The average molecular weight is 951 g/mol. The van der Waals surface area contributed by atoms with Gasteiger partial charge >= 0.3 is 11.9 Å². The number of carbonyl (C=O) groups excluding carboxylic acids is 2. The number of esters is 2. The maximum atomic E-state index is 15.0. The molecule has 3 aliphatic heterocycles. The van der Waals surface area contributed by atoms with Gasteiger partial charge in [0, 0.05) is 6.42 Å². The lowest BCUT2D eigenvalue weighted by atomic mass is 9.32. The first-order valence-corrected chi connectivity index (χ1v) is 25.3. The molecular formula is C51H82O16. The standard InChI is InChI=1S/C51H82O16/c1-24(2)21-34(54)65-41-36(55)26(5)63-44(40(41)59)67-46(60)51-18-13-27(25(3)4)35(51)28-11-12-32-48(8)16-15-33(47(6,7)31(48)14-17-50(32,10)49(28,9)19-20-51)64-45-42(38(57)30(53)23-62-45)66-43-39(58)37(56)29(52)22-61-43/h24,26-33,35-45,52-53,55-59H,3,11-23H2,1-2,4-10H3. The molecule has 23 unspecified atom stereocenters. The van der Waals surface area contributed by atoms with Crippen LogP contribution in [0.1, 0.15) is 133 Å². The Morgan fingerprint density at radius 1 is 0.672 bits per heavy atom. The van der Waals surface area contributed by atoms with Crippen LogP contribution in [0.3, 0.4) is 0 Å². The summed E-state index contributed by atoms with van der Waals surface area (Å²) in [4.78, 5) is 27.7. The third-order valence-corrected chi connectivity index (χ3v) is 19.7. The van der Waals surface area contributed by atoms with E-state index in [1.807, 2.05) is 13.8 Å². The monoisotopic (exact) mass is 951 g/mol. The van der Waals surface area contributed by atoms with E-state index < -0.39 is 97.3 Å². The van der Waals surface area contributed by atoms with Gasteiger partial charge in [0.1, 0.15) is 42.7 Å². The Labute approximate surface area is 396 Å². The minimum Gasteiger partial charge on any atom is -0.456 e. The molecule has 0 radical (unpaired) electrons. The van der Waals surface area contributed by atoms with E-state index in [2.05, 4.69) is 48.1 Å². The summed E-state index contributed by atoms with van der Waals surface area (Å²) < 4.78 is 42.1. The molecular weight excluding hydrogens is 869 g/mol. The van der Waals surface area contributed by atoms with Crippen LogP contribution in [0.2, 0.25) is 0 Å². The summed E-state index contributed by atoms with van der Waals surface area (Å²) in [7, 11) is 0. The third-order valence-electron chi connectivity index (χ3n) is 19.7. The zero-order chi connectivity index (χ0) is 48.9. The fourth-order valence-electron chi connectivity index (χ4n) is 15.9. The smallest absolute Gasteiger partial charge is 0.314 e. The van der Waals surface area contributed by atoms with Crippen LogP contribution in [-0.4, -0.2) is 147 Å². The molecule has 7 N–H and O–H groups in total. The van der Waals surface area contributed by atoms with Gasteiger partial charge in [0.05, 0.1) is 30.8 Å². The van der Waals surface area contributed by atoms with Gasteiger partial charge in [-0.2, -0.15) is 0 Å². The van der Waals surface area contributed by atoms with E-state index in [-0.39, 0.29) is 77.0 Å². The Morgan fingerprint density at radius 2 is 1.34 bits per heavy atom. The summed E-state index contributed by atoms with van der Waals surface area (Å²) in [6, 6.07) is 0. The molecule has 0 amide bonds. The van der Waals surface area contributed by atoms with Crippen molar-refractivity contribution in [3.63, 3.8) is 0 Å². The van der Waals surface area contributed by atoms with Crippen molar-refractivity contribution in [2.45, 2.75) is 219 Å². The molecule has 3 heterocycles. The van der Waals surface area contributed by atoms with Gasteiger partial charge in [-0.15, -0.1) is 0 Å². The van der Waals surface area contributed by atoms with E-state index in [4.69, 9.17) is 33.2 Å². The summed E-state index contributed by atoms with van der Waals surface area (Å²) in [5.74, 6) is -0.0112. The van der Waals surface area contributed by atoms with Crippen molar-refractivity contribution < 1.29 is 78.5 Å². The van der Waals surface area contributed by atoms with Crippen LogP contribution in [0.4, 0.5) is 0 Å². The fraction of sp³-hybridized carbons (Fsp3) is 0.922. The lowest BCUT2D eigenvalue weighted by molar-refractivity contribution is -0.357. The summed E-state index contributed by atoms with van der Waals surface area (Å²) in [6.45, 7) is 23.4. The Bertz CT molecular complexity index is 1830. The summed E-state index contributed by atoms with van der Waals surface area (Å²) in [5.41, 5.74) is -0.344. The topological polar surface area (TPSA) is 240 Å². The van der Waals surface area contributed by atoms with Gasteiger partial charge < -0.3 is 68.9 Å². The van der Waals surface area contributed by atoms with Gasteiger partial charge in [0.15, 0.2) is 24.8 Å². The van der Waals surface area contributed by atoms with Gasteiger partial charge in [-0.25, -0.2) is 0 Å². The van der Waals surface area contributed by atoms with Crippen LogP contribution in [0.5, 0.6) is 0 Å². The Balaban J connectivity index is 1.00. The number of allylic oxidation sites excluding steroid dienone is 1. The summed E-state index contributed by atoms with van der Waals surface area (Å²) in [6.07, 6.45) is -9.11. The van der Waals surface area contributed by atoms with Crippen LogP contribution in [0, 0.1) is 62.6 Å². The third kappa shape index (κ3) is 8.47. The van der Waals surface area contributed by atoms with E-state index in [9.17, 15) is 45.3 Å². The number of ether oxygens (including phenoxy) is 7. The number of aliphatic hydroxyl groups is 7. The van der Waals surface area contributed by atoms with E-state index in [1.54, 1.807) is 6.92 Å². The van der Waals surface area contributed by atoms with Crippen LogP contribution in [0.25, 0.3) is 0 Å². The molecule has 382 valence electrons. The Hall–Kier alpha value is -1.80. The molecule has 0 aromatic heterocycles. The maximum absolute atomic E-state index is 15.0. The second-order valence-corrected chi connectivity index (χ2v) is 24.1. The van der Waals surface area contributed by atoms with E-state index in [1.165, 1.54) is 0 Å². The van der Waals surface area contributed by atoms with Crippen molar-refractivity contribution >= 4 is 11.9 Å². The minimum atomic E-state index is -1.60. The summed E-state index contributed by atoms with van der Waals surface area (Å²) >= 11 is 0. The molecule has 3 saturated heterocycles. The van der Waals surface area contributed by atoms with E-state index in [0.717, 1.165) is 50.5 Å². The molecule has 0 aromatic carbocycles. The average Bonchev–Trinajstić information content (AvgIpc) is 3.66. The lowest BCUT2D eigenvalue weighted by Gasteiger charge is -2.73. The number of hydrogen-bond acceptors (Lipinski definition) is 16. The SMILES string of the molecule is C=C(C)C1CCC2(C(=O)OC3OC(C)C(O)C(OC(=O)CC(C)C)C3O)CCC3(C)C(CCC4C5(C)CCC(OC6OCC(O)C(O)C6OC6OCC(O)C(O)C6O)C(C)(C)C5CCC43C)C12. The highest BCUT2D eigenvalue weighted by Gasteiger charge is 2.73. The van der Waals surface area contributed by atoms with Crippen LogP contribution >= 0.6 is 0 Å². The fourth-order valence-corrected chi connectivity index (χ4v) is 15.9. The quantitative estimate of drug-likeness (QED) is 0.0934. The molecule has 8 fully saturated rings. The molecule has 8 aliphatic rings. The maximum Gasteiger partial charge on any atom is 0.314 e. The molecule has 0 bridgehead atoms. The number of fused-ring (bicyclic) bond motifs is 7. The van der Waals surface area contributed by atoms with Crippen molar-refractivity contribution in [3.05, 3.63) is 12.2 Å². The first kappa shape index (κ1) is 51.6.